The van der Waals surface area contributed by atoms with Crippen molar-refractivity contribution in [3.05, 3.63) is 143 Å². The molecule has 18 heteroatoms. The van der Waals surface area contributed by atoms with Gasteiger partial charge in [-0.1, -0.05) is 42.5 Å². The third-order valence-corrected chi connectivity index (χ3v) is 21.0. The Balaban J connectivity index is 0.000000123. The Morgan fingerprint density at radius 3 is 1.92 bits per heavy atom. The molecule has 460 valence electrons. The van der Waals surface area contributed by atoms with Crippen molar-refractivity contribution in [3.8, 4) is 33.5 Å². The summed E-state index contributed by atoms with van der Waals surface area (Å²) < 4.78 is 23.9. The second-order valence-electron chi connectivity index (χ2n) is 27.6. The van der Waals surface area contributed by atoms with E-state index in [1.807, 2.05) is 71.5 Å². The van der Waals surface area contributed by atoms with Crippen LogP contribution in [0.25, 0.3) is 97.2 Å². The first kappa shape index (κ1) is 60.6. The SMILES string of the molecule is CCc1cc(-c2ccc3nc(N(C)C4CC(C)(C)NC(C)(C)C4)sc3c2)cc2cn(C)nc12.Cc1cn2cc(-c3cc(F)c4nc(C5=CCNCC5)sc4c3)nc(C)c2n1.Cn1cc2cc(-c3ccc4nc(C5CC(C)(C)NC(C)(C)C5)sc4c3)ccc2n1. The second kappa shape index (κ2) is 23.2. The number of benzene rings is 5. The molecule has 15 rings (SSSR count). The number of halogens is 1. The van der Waals surface area contributed by atoms with E-state index in [0.717, 1.165) is 117 Å². The van der Waals surface area contributed by atoms with Crippen molar-refractivity contribution in [3.63, 3.8) is 0 Å². The van der Waals surface area contributed by atoms with Crippen LogP contribution in [0.5, 0.6) is 0 Å². The van der Waals surface area contributed by atoms with Crippen molar-refractivity contribution in [2.75, 3.05) is 25.0 Å². The third-order valence-electron chi connectivity index (χ3n) is 17.6. The van der Waals surface area contributed by atoms with Crippen molar-refractivity contribution < 1.29 is 4.39 Å². The van der Waals surface area contributed by atoms with Gasteiger partial charge in [-0.2, -0.15) is 10.2 Å². The predicted octanol–water partition coefficient (Wildman–Crippen LogP) is 16.2. The van der Waals surface area contributed by atoms with Gasteiger partial charge in [0.05, 0.1) is 58.3 Å². The van der Waals surface area contributed by atoms with Crippen molar-refractivity contribution in [1.82, 2.24) is 64.8 Å². The minimum absolute atomic E-state index is 0.118. The van der Waals surface area contributed by atoms with Crippen LogP contribution in [0.15, 0.2) is 110 Å². The lowest BCUT2D eigenvalue weighted by atomic mass is 9.76. The molecule has 0 radical (unpaired) electrons. The average molecular weight is 1250 g/mol. The monoisotopic (exact) mass is 1240 g/mol. The summed E-state index contributed by atoms with van der Waals surface area (Å²) in [5.41, 5.74) is 16.8. The minimum atomic E-state index is -0.305. The molecule has 0 spiro atoms. The van der Waals surface area contributed by atoms with Gasteiger partial charge in [0.15, 0.2) is 16.6 Å². The molecule has 0 bridgehead atoms. The van der Waals surface area contributed by atoms with E-state index in [9.17, 15) is 4.39 Å². The molecule has 0 saturated carbocycles. The molecule has 7 aromatic heterocycles. The highest BCUT2D eigenvalue weighted by Crippen LogP contribution is 2.44. The molecule has 5 aromatic carbocycles. The Morgan fingerprint density at radius 2 is 1.22 bits per heavy atom. The molecule has 3 N–H and O–H groups in total. The number of thiazole rings is 3. The van der Waals surface area contributed by atoms with Crippen molar-refractivity contribution in [2.45, 2.75) is 149 Å². The molecule has 3 aliphatic rings. The fourth-order valence-corrected chi connectivity index (χ4v) is 17.6. The first-order valence-electron chi connectivity index (χ1n) is 31.2. The highest BCUT2D eigenvalue weighted by molar-refractivity contribution is 7.22. The van der Waals surface area contributed by atoms with Gasteiger partial charge in [-0.05, 0) is 208 Å². The highest BCUT2D eigenvalue weighted by Gasteiger charge is 2.41. The molecule has 0 unspecified atom stereocenters. The van der Waals surface area contributed by atoms with Crippen molar-refractivity contribution >= 4 is 103 Å². The first-order valence-corrected chi connectivity index (χ1v) is 33.6. The Bertz CT molecular complexity index is 4670. The lowest BCUT2D eigenvalue weighted by Gasteiger charge is -2.48. The Labute approximate surface area is 532 Å². The third kappa shape index (κ3) is 12.8. The fourth-order valence-electron chi connectivity index (χ4n) is 14.3. The van der Waals surface area contributed by atoms with Crippen molar-refractivity contribution in [2.24, 2.45) is 14.1 Å². The smallest absolute Gasteiger partial charge is 0.186 e. The van der Waals surface area contributed by atoms with Crippen LogP contribution in [0, 0.1) is 19.7 Å². The van der Waals surface area contributed by atoms with Gasteiger partial charge in [0.2, 0.25) is 0 Å². The summed E-state index contributed by atoms with van der Waals surface area (Å²) in [5.74, 6) is 0.203. The van der Waals surface area contributed by atoms with E-state index >= 15 is 0 Å². The van der Waals surface area contributed by atoms with E-state index in [-0.39, 0.29) is 28.0 Å². The molecule has 2 fully saturated rings. The zero-order chi connectivity index (χ0) is 62.5. The summed E-state index contributed by atoms with van der Waals surface area (Å²) in [5, 5.41) is 25.7. The van der Waals surface area contributed by atoms with Gasteiger partial charge in [-0.3, -0.25) is 9.36 Å². The fraction of sp³-hybridized carbons (Fsp3) is 0.394. The van der Waals surface area contributed by atoms with Crippen LogP contribution in [-0.2, 0) is 20.5 Å². The summed E-state index contributed by atoms with van der Waals surface area (Å²) in [7, 11) is 6.17. The number of imidazole rings is 1. The Kier molecular flexibility index (Phi) is 15.8. The maximum Gasteiger partial charge on any atom is 0.186 e. The largest absolute Gasteiger partial charge is 0.348 e. The van der Waals surface area contributed by atoms with Crippen LogP contribution in [-0.4, -0.2) is 97.2 Å². The topological polar surface area (TPSA) is 144 Å². The van der Waals surface area contributed by atoms with Crippen molar-refractivity contribution in [1.29, 1.82) is 0 Å². The van der Waals surface area contributed by atoms with Gasteiger partial charge in [0, 0.05) is 103 Å². The molecule has 14 nitrogen and oxygen atoms in total. The van der Waals surface area contributed by atoms with Gasteiger partial charge in [0.25, 0.3) is 0 Å². The zero-order valence-corrected chi connectivity index (χ0v) is 56.2. The van der Waals surface area contributed by atoms with Gasteiger partial charge in [-0.25, -0.2) is 29.3 Å². The first-order chi connectivity index (χ1) is 42.3. The van der Waals surface area contributed by atoms with Gasteiger partial charge < -0.3 is 25.3 Å². The number of nitrogens with one attached hydrogen (secondary N) is 3. The van der Waals surface area contributed by atoms with Gasteiger partial charge in [-0.15, -0.1) is 22.7 Å². The average Bonchev–Trinajstić information content (AvgIpc) is 2.08. The molecule has 0 atom stereocenters. The number of aryl methyl sites for hydroxylation is 5. The lowest BCUT2D eigenvalue weighted by molar-refractivity contribution is 0.160. The number of fused-ring (bicyclic) bond motifs is 6. The van der Waals surface area contributed by atoms with Crippen LogP contribution in [0.3, 0.4) is 0 Å². The van der Waals surface area contributed by atoms with Crippen LogP contribution in [0.2, 0.25) is 0 Å². The van der Waals surface area contributed by atoms with E-state index < -0.39 is 0 Å². The molecular formula is C71H81FN14S3. The Morgan fingerprint density at radius 1 is 0.607 bits per heavy atom. The van der Waals surface area contributed by atoms with Crippen LogP contribution in [0.1, 0.15) is 127 Å². The number of aromatic nitrogens is 10. The molecule has 0 amide bonds. The summed E-state index contributed by atoms with van der Waals surface area (Å²) in [6.07, 6.45) is 16.5. The van der Waals surface area contributed by atoms with Crippen LogP contribution in [0.4, 0.5) is 9.52 Å². The standard InChI is InChI=1S/C27H35N5S.C24H28N4S.C20H18FN5S/c1-8-17-11-19(12-20-16-31(6)29-24(17)20)18-9-10-22-23(13-18)33-25(28-22)32(7)21-14-26(2,3)30-27(4,5)15-21;1-23(2)12-18(13-24(3,4)27-23)22-25-20-9-7-16(11-21(20)29-22)15-6-8-19-17(10-15)14-28(5)26-19;1-11-9-26-10-16(24-12(2)19(26)23-11)14-7-15(21)18-17(8-14)27-20(25-18)13-3-5-22-6-4-13/h9-13,16,21,30H,8,14-15H2,1-7H3;6-11,14,18,27H,12-13H2,1-5H3;3,7-10,22H,4-6H2,1-2H3. The molecule has 10 heterocycles. The molecule has 12 aromatic rings. The number of anilines is 1. The number of piperidine rings is 2. The normalized spacial score (nSPS) is 17.5. The van der Waals surface area contributed by atoms with Gasteiger partial charge >= 0.3 is 0 Å². The lowest BCUT2D eigenvalue weighted by Crippen LogP contribution is -2.61. The van der Waals surface area contributed by atoms with Crippen LogP contribution >= 0.6 is 34.0 Å². The second-order valence-corrected chi connectivity index (χ2v) is 30.7. The van der Waals surface area contributed by atoms with E-state index in [1.165, 1.54) is 64.6 Å². The maximum absolute atomic E-state index is 14.8. The highest BCUT2D eigenvalue weighted by atomic mass is 32.1. The maximum atomic E-state index is 14.8. The molecule has 89 heavy (non-hydrogen) atoms. The van der Waals surface area contributed by atoms with E-state index in [2.05, 4.69) is 201 Å². The zero-order valence-electron chi connectivity index (χ0n) is 53.7. The Hall–Kier alpha value is -7.32. The van der Waals surface area contributed by atoms with Crippen LogP contribution < -0.4 is 20.9 Å². The number of hydrogen-bond acceptors (Lipinski definition) is 14. The predicted molar refractivity (Wildman–Crippen MR) is 371 cm³/mol. The number of rotatable bonds is 8. The van der Waals surface area contributed by atoms with Gasteiger partial charge in [0.1, 0.15) is 10.5 Å². The molecule has 0 aliphatic carbocycles. The van der Waals surface area contributed by atoms with E-state index in [4.69, 9.17) is 9.97 Å². The summed E-state index contributed by atoms with van der Waals surface area (Å²) >= 11 is 5.21. The molecule has 3 aliphatic heterocycles. The molecule has 2 saturated heterocycles. The summed E-state index contributed by atoms with van der Waals surface area (Å²) in [4.78, 5) is 26.1. The summed E-state index contributed by atoms with van der Waals surface area (Å²) in [6, 6.07) is 28.4. The van der Waals surface area contributed by atoms with E-state index in [1.54, 1.807) is 22.7 Å². The number of nitrogens with zero attached hydrogens (tertiary/aromatic N) is 11. The number of hydrogen-bond donors (Lipinski definition) is 3. The minimum Gasteiger partial charge on any atom is -0.348 e. The van der Waals surface area contributed by atoms with E-state index in [0.29, 0.717) is 17.5 Å². The quantitative estimate of drug-likeness (QED) is 0.134. The summed E-state index contributed by atoms with van der Waals surface area (Å²) in [6.45, 7) is 26.3. The molecular weight excluding hydrogens is 1160 g/mol.